The first-order valence-electron chi connectivity index (χ1n) is 8.02. The molecule has 0 bridgehead atoms. The number of thiophene rings is 1. The minimum atomic E-state index is -3.73. The van der Waals surface area contributed by atoms with Crippen LogP contribution in [0.1, 0.15) is 24.8 Å². The molecule has 0 saturated carbocycles. The van der Waals surface area contributed by atoms with Crippen LogP contribution < -0.4 is 5.32 Å². The van der Waals surface area contributed by atoms with E-state index in [-0.39, 0.29) is 10.1 Å². The summed E-state index contributed by atoms with van der Waals surface area (Å²) in [6, 6.07) is 9.77. The summed E-state index contributed by atoms with van der Waals surface area (Å²) in [6.45, 7) is 2.30. The highest BCUT2D eigenvalue weighted by molar-refractivity contribution is 7.91. The minimum absolute atomic E-state index is 0.174. The number of nitrogens with zero attached hydrogens (tertiary/aromatic N) is 1. The lowest BCUT2D eigenvalue weighted by Gasteiger charge is -2.33. The third-order valence-electron chi connectivity index (χ3n) is 4.19. The van der Waals surface area contributed by atoms with Crippen molar-refractivity contribution in [1.82, 2.24) is 4.31 Å². The number of carbonyl (C=O) groups is 1. The Morgan fingerprint density at radius 1 is 1.20 bits per heavy atom. The first-order chi connectivity index (χ1) is 11.9. The van der Waals surface area contributed by atoms with Crippen molar-refractivity contribution in [3.63, 3.8) is 0 Å². The summed E-state index contributed by atoms with van der Waals surface area (Å²) in [4.78, 5) is 12.7. The van der Waals surface area contributed by atoms with E-state index in [0.29, 0.717) is 23.0 Å². The van der Waals surface area contributed by atoms with Gasteiger partial charge in [-0.2, -0.15) is 4.31 Å². The highest BCUT2D eigenvalue weighted by atomic mass is 35.5. The fraction of sp³-hybridized carbons (Fsp3) is 0.353. The van der Waals surface area contributed by atoms with Gasteiger partial charge in [-0.1, -0.05) is 35.7 Å². The molecule has 0 spiro atoms. The summed E-state index contributed by atoms with van der Waals surface area (Å²) in [7, 11) is -3.73. The molecule has 1 aromatic heterocycles. The molecule has 1 aliphatic rings. The van der Waals surface area contributed by atoms with E-state index in [1.54, 1.807) is 6.07 Å². The Morgan fingerprint density at radius 3 is 2.56 bits per heavy atom. The van der Waals surface area contributed by atoms with Crippen molar-refractivity contribution in [3.05, 3.63) is 46.3 Å². The molecular weight excluding hydrogens is 380 g/mol. The second kappa shape index (κ2) is 7.45. The van der Waals surface area contributed by atoms with Gasteiger partial charge in [0.25, 0.3) is 10.0 Å². The number of anilines is 1. The maximum absolute atomic E-state index is 12.9. The average Bonchev–Trinajstić information content (AvgIpc) is 3.04. The Balaban J connectivity index is 1.83. The molecule has 3 rings (SSSR count). The molecule has 1 aromatic carbocycles. The van der Waals surface area contributed by atoms with Gasteiger partial charge in [0.05, 0.1) is 4.34 Å². The van der Waals surface area contributed by atoms with Crippen molar-refractivity contribution < 1.29 is 13.2 Å². The summed E-state index contributed by atoms with van der Waals surface area (Å²) in [5, 5.41) is 2.83. The highest BCUT2D eigenvalue weighted by Gasteiger charge is 2.38. The lowest BCUT2D eigenvalue weighted by Crippen LogP contribution is -2.49. The minimum Gasteiger partial charge on any atom is -0.325 e. The molecule has 0 aliphatic carbocycles. The quantitative estimate of drug-likeness (QED) is 0.849. The zero-order chi connectivity index (χ0) is 18.0. The van der Waals surface area contributed by atoms with Crippen molar-refractivity contribution >= 4 is 44.6 Å². The Morgan fingerprint density at radius 2 is 1.92 bits per heavy atom. The molecule has 1 atom stereocenters. The number of carbonyl (C=O) groups excluding carboxylic acids is 1. The maximum Gasteiger partial charge on any atom is 0.253 e. The second-order valence-corrected chi connectivity index (χ2v) is 9.87. The van der Waals surface area contributed by atoms with Gasteiger partial charge in [0.2, 0.25) is 5.91 Å². The number of amides is 1. The van der Waals surface area contributed by atoms with Gasteiger partial charge in [0, 0.05) is 12.2 Å². The number of hydrogen-bond donors (Lipinski definition) is 1. The van der Waals surface area contributed by atoms with Crippen LogP contribution in [-0.4, -0.2) is 31.2 Å². The van der Waals surface area contributed by atoms with E-state index in [1.807, 2.05) is 31.2 Å². The average molecular weight is 399 g/mol. The zero-order valence-electron chi connectivity index (χ0n) is 13.7. The smallest absolute Gasteiger partial charge is 0.253 e. The van der Waals surface area contributed by atoms with Crippen LogP contribution in [0.2, 0.25) is 4.34 Å². The zero-order valence-corrected chi connectivity index (χ0v) is 16.1. The molecule has 1 fully saturated rings. The molecule has 2 aromatic rings. The number of hydrogen-bond acceptors (Lipinski definition) is 4. The van der Waals surface area contributed by atoms with E-state index in [1.165, 1.54) is 10.4 Å². The summed E-state index contributed by atoms with van der Waals surface area (Å²) in [5.74, 6) is -0.296. The first-order valence-corrected chi connectivity index (χ1v) is 10.7. The van der Waals surface area contributed by atoms with Gasteiger partial charge in [0.1, 0.15) is 10.3 Å². The van der Waals surface area contributed by atoms with Gasteiger partial charge in [-0.25, -0.2) is 8.42 Å². The van der Waals surface area contributed by atoms with Crippen LogP contribution in [0.4, 0.5) is 5.69 Å². The number of benzene rings is 1. The van der Waals surface area contributed by atoms with E-state index < -0.39 is 16.1 Å². The van der Waals surface area contributed by atoms with E-state index in [0.717, 1.165) is 29.7 Å². The maximum atomic E-state index is 12.9. The van der Waals surface area contributed by atoms with E-state index in [9.17, 15) is 13.2 Å². The molecule has 5 nitrogen and oxygen atoms in total. The summed E-state index contributed by atoms with van der Waals surface area (Å²) >= 11 is 6.89. The lowest BCUT2D eigenvalue weighted by atomic mass is 10.0. The molecule has 1 amide bonds. The number of nitrogens with one attached hydrogen (secondary N) is 1. The van der Waals surface area contributed by atoms with Crippen LogP contribution in [0.3, 0.4) is 0 Å². The van der Waals surface area contributed by atoms with Crippen LogP contribution in [0.15, 0.2) is 40.6 Å². The van der Waals surface area contributed by atoms with Crippen LogP contribution >= 0.6 is 22.9 Å². The first kappa shape index (κ1) is 18.4. The van der Waals surface area contributed by atoms with Crippen LogP contribution in [0, 0.1) is 6.92 Å². The van der Waals surface area contributed by atoms with Gasteiger partial charge < -0.3 is 5.32 Å². The van der Waals surface area contributed by atoms with Gasteiger partial charge in [-0.05, 0) is 44.0 Å². The van der Waals surface area contributed by atoms with Crippen molar-refractivity contribution in [2.75, 3.05) is 11.9 Å². The summed E-state index contributed by atoms with van der Waals surface area (Å²) in [5.41, 5.74) is 1.76. The SMILES string of the molecule is Cc1ccc(NC(=O)[C@@H]2CCCCN2S(=O)(=O)c2ccc(Cl)s2)cc1. The van der Waals surface area contributed by atoms with Gasteiger partial charge >= 0.3 is 0 Å². The number of sulfonamides is 1. The van der Waals surface area contributed by atoms with Crippen LogP contribution in [-0.2, 0) is 14.8 Å². The van der Waals surface area contributed by atoms with Gasteiger partial charge in [-0.3, -0.25) is 4.79 Å². The molecule has 1 saturated heterocycles. The van der Waals surface area contributed by atoms with Crippen molar-refractivity contribution in [2.24, 2.45) is 0 Å². The fourth-order valence-corrected chi connectivity index (χ4v) is 6.14. The molecule has 8 heteroatoms. The van der Waals surface area contributed by atoms with E-state index in [4.69, 9.17) is 11.6 Å². The molecule has 2 heterocycles. The number of halogens is 1. The lowest BCUT2D eigenvalue weighted by molar-refractivity contribution is -0.120. The topological polar surface area (TPSA) is 66.5 Å². The predicted molar refractivity (Wildman–Crippen MR) is 101 cm³/mol. The molecule has 0 radical (unpaired) electrons. The summed E-state index contributed by atoms with van der Waals surface area (Å²) < 4.78 is 27.7. The summed E-state index contributed by atoms with van der Waals surface area (Å²) in [6.07, 6.45) is 2.08. The largest absolute Gasteiger partial charge is 0.325 e. The highest BCUT2D eigenvalue weighted by Crippen LogP contribution is 2.32. The standard InChI is InChI=1S/C17H19ClN2O3S2/c1-12-5-7-13(8-6-12)19-17(21)14-4-2-3-11-20(14)25(22,23)16-10-9-15(18)24-16/h5-10,14H,2-4,11H2,1H3,(H,19,21)/t14-/m0/s1. The third kappa shape index (κ3) is 4.06. The third-order valence-corrected chi connectivity index (χ3v) is 7.79. The van der Waals surface area contributed by atoms with Crippen LogP contribution in [0.5, 0.6) is 0 Å². The van der Waals surface area contributed by atoms with Gasteiger partial charge in [0.15, 0.2) is 0 Å². The van der Waals surface area contributed by atoms with E-state index >= 15 is 0 Å². The Hall–Kier alpha value is -1.41. The number of piperidine rings is 1. The molecule has 1 N–H and O–H groups in total. The molecule has 0 unspecified atom stereocenters. The number of aryl methyl sites for hydroxylation is 1. The monoisotopic (exact) mass is 398 g/mol. The Labute approximate surface area is 156 Å². The molecule has 1 aliphatic heterocycles. The molecule has 25 heavy (non-hydrogen) atoms. The normalized spacial score (nSPS) is 18.9. The second-order valence-electron chi connectivity index (χ2n) is 6.04. The van der Waals surface area contributed by atoms with Crippen LogP contribution in [0.25, 0.3) is 0 Å². The van der Waals surface area contributed by atoms with Crippen molar-refractivity contribution in [1.29, 1.82) is 0 Å². The Kier molecular flexibility index (Phi) is 5.48. The fourth-order valence-electron chi connectivity index (χ4n) is 2.87. The molecular formula is C17H19ClN2O3S2. The van der Waals surface area contributed by atoms with Gasteiger partial charge in [-0.15, -0.1) is 11.3 Å². The van der Waals surface area contributed by atoms with Crippen molar-refractivity contribution in [2.45, 2.75) is 36.4 Å². The predicted octanol–water partition coefficient (Wildman–Crippen LogP) is 3.89. The number of rotatable bonds is 4. The Bertz CT molecular complexity index is 862. The molecule has 134 valence electrons. The van der Waals surface area contributed by atoms with E-state index in [2.05, 4.69) is 5.32 Å². The van der Waals surface area contributed by atoms with Crippen molar-refractivity contribution in [3.8, 4) is 0 Å².